The maximum Gasteiger partial charge on any atom is 0.202 e. The summed E-state index contributed by atoms with van der Waals surface area (Å²) in [6.45, 7) is 2.10. The standard InChI is InChI=1S/C14H14N2O2/c1-9-6-14(18)12(7-13(9)17)16-11-4-2-10(8-15)3-5-11/h2-7,16H,8,15H2,1H3. The summed E-state index contributed by atoms with van der Waals surface area (Å²) in [4.78, 5) is 23.2. The van der Waals surface area contributed by atoms with Crippen LogP contribution in [0.3, 0.4) is 0 Å². The average molecular weight is 242 g/mol. The predicted molar refractivity (Wildman–Crippen MR) is 69.8 cm³/mol. The van der Waals surface area contributed by atoms with Crippen LogP contribution in [-0.4, -0.2) is 11.6 Å². The first-order valence-electron chi connectivity index (χ1n) is 5.65. The van der Waals surface area contributed by atoms with Crippen molar-refractivity contribution >= 4 is 17.3 Å². The number of nitrogens with two attached hydrogens (primary N) is 1. The van der Waals surface area contributed by atoms with Gasteiger partial charge >= 0.3 is 0 Å². The van der Waals surface area contributed by atoms with E-state index in [4.69, 9.17) is 5.73 Å². The lowest BCUT2D eigenvalue weighted by Crippen LogP contribution is -2.17. The molecule has 0 bridgehead atoms. The van der Waals surface area contributed by atoms with Gasteiger partial charge in [-0.1, -0.05) is 12.1 Å². The summed E-state index contributed by atoms with van der Waals surface area (Å²) in [6.07, 6.45) is 2.67. The third kappa shape index (κ3) is 2.55. The Kier molecular flexibility index (Phi) is 3.39. The largest absolute Gasteiger partial charge is 0.352 e. The number of carbonyl (C=O) groups excluding carboxylic acids is 2. The van der Waals surface area contributed by atoms with E-state index in [0.29, 0.717) is 17.8 Å². The van der Waals surface area contributed by atoms with Gasteiger partial charge in [0.25, 0.3) is 0 Å². The van der Waals surface area contributed by atoms with Crippen molar-refractivity contribution in [1.29, 1.82) is 0 Å². The van der Waals surface area contributed by atoms with Crippen molar-refractivity contribution in [2.45, 2.75) is 13.5 Å². The topological polar surface area (TPSA) is 72.2 Å². The number of anilines is 1. The molecule has 0 amide bonds. The van der Waals surface area contributed by atoms with E-state index in [1.54, 1.807) is 6.92 Å². The lowest BCUT2D eigenvalue weighted by Gasteiger charge is -2.12. The van der Waals surface area contributed by atoms with Crippen LogP contribution in [-0.2, 0) is 16.1 Å². The molecule has 0 unspecified atom stereocenters. The third-order valence-corrected chi connectivity index (χ3v) is 2.75. The number of hydrogen-bond donors (Lipinski definition) is 2. The normalized spacial score (nSPS) is 15.2. The van der Waals surface area contributed by atoms with Gasteiger partial charge in [-0.05, 0) is 30.7 Å². The fourth-order valence-electron chi connectivity index (χ4n) is 1.64. The molecule has 0 fully saturated rings. The first-order valence-corrected chi connectivity index (χ1v) is 5.65. The van der Waals surface area contributed by atoms with Gasteiger partial charge < -0.3 is 11.1 Å². The summed E-state index contributed by atoms with van der Waals surface area (Å²) in [5.41, 5.74) is 8.03. The molecule has 4 nitrogen and oxygen atoms in total. The van der Waals surface area contributed by atoms with Gasteiger partial charge in [0.1, 0.15) is 0 Å². The van der Waals surface area contributed by atoms with Gasteiger partial charge in [0, 0.05) is 23.9 Å². The first-order chi connectivity index (χ1) is 8.60. The highest BCUT2D eigenvalue weighted by atomic mass is 16.1. The summed E-state index contributed by atoms with van der Waals surface area (Å²) in [5.74, 6) is -0.328. The van der Waals surface area contributed by atoms with E-state index in [0.717, 1.165) is 11.3 Å². The molecule has 0 saturated heterocycles. The number of nitrogens with one attached hydrogen (secondary N) is 1. The molecule has 1 aliphatic carbocycles. The molecular weight excluding hydrogens is 228 g/mol. The van der Waals surface area contributed by atoms with Crippen molar-refractivity contribution in [3.8, 4) is 0 Å². The van der Waals surface area contributed by atoms with Crippen molar-refractivity contribution in [3.05, 3.63) is 53.3 Å². The monoisotopic (exact) mass is 242 g/mol. The Morgan fingerprint density at radius 3 is 2.33 bits per heavy atom. The number of ketones is 2. The zero-order chi connectivity index (χ0) is 13.1. The Bertz CT molecular complexity index is 554. The Hall–Kier alpha value is -2.20. The van der Waals surface area contributed by atoms with Crippen LogP contribution in [0, 0.1) is 0 Å². The van der Waals surface area contributed by atoms with E-state index in [1.165, 1.54) is 12.2 Å². The minimum Gasteiger partial charge on any atom is -0.352 e. The van der Waals surface area contributed by atoms with Crippen LogP contribution >= 0.6 is 0 Å². The summed E-state index contributed by atoms with van der Waals surface area (Å²) in [7, 11) is 0. The maximum absolute atomic E-state index is 11.7. The van der Waals surface area contributed by atoms with Crippen molar-refractivity contribution < 1.29 is 9.59 Å². The molecular formula is C14H14N2O2. The van der Waals surface area contributed by atoms with E-state index in [1.807, 2.05) is 24.3 Å². The van der Waals surface area contributed by atoms with Crippen LogP contribution in [0.25, 0.3) is 0 Å². The van der Waals surface area contributed by atoms with Crippen LogP contribution in [0.15, 0.2) is 47.7 Å². The molecule has 1 aromatic carbocycles. The molecule has 4 heteroatoms. The molecule has 0 radical (unpaired) electrons. The van der Waals surface area contributed by atoms with E-state index < -0.39 is 0 Å². The highest BCUT2D eigenvalue weighted by Gasteiger charge is 2.17. The van der Waals surface area contributed by atoms with Crippen molar-refractivity contribution in [2.24, 2.45) is 5.73 Å². The SMILES string of the molecule is CC1=CC(=O)C(Nc2ccc(CN)cc2)=CC1=O. The molecule has 2 rings (SSSR count). The Labute approximate surface area is 105 Å². The van der Waals surface area contributed by atoms with E-state index in [9.17, 15) is 9.59 Å². The fraction of sp³-hybridized carbons (Fsp3) is 0.143. The Balaban J connectivity index is 2.16. The van der Waals surface area contributed by atoms with Gasteiger partial charge in [-0.3, -0.25) is 9.59 Å². The van der Waals surface area contributed by atoms with E-state index in [-0.39, 0.29) is 11.6 Å². The van der Waals surface area contributed by atoms with Gasteiger partial charge in [-0.25, -0.2) is 0 Å². The number of hydrogen-bond acceptors (Lipinski definition) is 4. The third-order valence-electron chi connectivity index (χ3n) is 2.75. The number of benzene rings is 1. The van der Waals surface area contributed by atoms with Crippen molar-refractivity contribution in [2.75, 3.05) is 5.32 Å². The van der Waals surface area contributed by atoms with Crippen molar-refractivity contribution in [1.82, 2.24) is 0 Å². The molecule has 1 aliphatic rings. The minimum absolute atomic E-state index is 0.143. The second kappa shape index (κ2) is 4.98. The summed E-state index contributed by atoms with van der Waals surface area (Å²) in [6, 6.07) is 7.40. The van der Waals surface area contributed by atoms with Gasteiger partial charge in [-0.15, -0.1) is 0 Å². The molecule has 0 aromatic heterocycles. The summed E-state index contributed by atoms with van der Waals surface area (Å²) >= 11 is 0. The second-order valence-corrected chi connectivity index (χ2v) is 4.14. The van der Waals surface area contributed by atoms with Crippen LogP contribution in [0.1, 0.15) is 12.5 Å². The predicted octanol–water partition coefficient (Wildman–Crippen LogP) is 1.54. The Morgan fingerprint density at radius 2 is 1.72 bits per heavy atom. The van der Waals surface area contributed by atoms with Gasteiger partial charge in [0.05, 0.1) is 5.70 Å². The first kappa shape index (κ1) is 12.3. The van der Waals surface area contributed by atoms with E-state index >= 15 is 0 Å². The fourth-order valence-corrected chi connectivity index (χ4v) is 1.64. The average Bonchev–Trinajstić information content (AvgIpc) is 2.37. The van der Waals surface area contributed by atoms with E-state index in [2.05, 4.69) is 5.32 Å². The second-order valence-electron chi connectivity index (χ2n) is 4.14. The maximum atomic E-state index is 11.7. The molecule has 0 aliphatic heterocycles. The zero-order valence-electron chi connectivity index (χ0n) is 10.1. The number of rotatable bonds is 3. The summed E-state index contributed by atoms with van der Waals surface area (Å²) in [5, 5.41) is 2.94. The quantitative estimate of drug-likeness (QED) is 0.789. The van der Waals surface area contributed by atoms with Crippen LogP contribution in [0.5, 0.6) is 0 Å². The number of carbonyl (C=O) groups is 2. The molecule has 18 heavy (non-hydrogen) atoms. The number of allylic oxidation sites excluding steroid dienone is 3. The lowest BCUT2D eigenvalue weighted by atomic mass is 10.0. The smallest absolute Gasteiger partial charge is 0.202 e. The zero-order valence-corrected chi connectivity index (χ0v) is 10.1. The van der Waals surface area contributed by atoms with Crippen LogP contribution in [0.4, 0.5) is 5.69 Å². The van der Waals surface area contributed by atoms with Crippen LogP contribution < -0.4 is 11.1 Å². The minimum atomic E-state index is -0.185. The summed E-state index contributed by atoms with van der Waals surface area (Å²) < 4.78 is 0. The van der Waals surface area contributed by atoms with Crippen molar-refractivity contribution in [3.63, 3.8) is 0 Å². The molecule has 0 atom stereocenters. The van der Waals surface area contributed by atoms with Gasteiger partial charge in [0.2, 0.25) is 5.78 Å². The molecule has 92 valence electrons. The molecule has 1 aromatic rings. The van der Waals surface area contributed by atoms with Crippen LogP contribution in [0.2, 0.25) is 0 Å². The van der Waals surface area contributed by atoms with Gasteiger partial charge in [-0.2, -0.15) is 0 Å². The molecule has 3 N–H and O–H groups in total. The lowest BCUT2D eigenvalue weighted by molar-refractivity contribution is -0.115. The highest BCUT2D eigenvalue weighted by molar-refractivity contribution is 6.20. The highest BCUT2D eigenvalue weighted by Crippen LogP contribution is 2.16. The Morgan fingerprint density at radius 1 is 1.06 bits per heavy atom. The molecule has 0 spiro atoms. The molecule has 0 heterocycles. The molecule has 0 saturated carbocycles. The van der Waals surface area contributed by atoms with Gasteiger partial charge in [0.15, 0.2) is 5.78 Å².